The number of aromatic hydroxyl groups is 1. The Morgan fingerprint density at radius 1 is 0.944 bits per heavy atom. The third-order valence-corrected chi connectivity index (χ3v) is 6.37. The van der Waals surface area contributed by atoms with E-state index in [1.165, 1.54) is 23.9 Å². The standard InChI is InChI=1S/C23H37N5O6S2/c1-36-11-9-17(23(33)34)26-22(32)19(13-35)28-21(31)18(12-14-5-7-15(29)8-6-14)27-20(30)16(25)4-2-3-10-24/h5-8,16-19,29,35H,2-4,9-13,24-25H2,1H3,(H,26,32)(H,27,30)(H,28,31)(H,33,34). The second kappa shape index (κ2) is 17.1. The average Bonchev–Trinajstić information content (AvgIpc) is 2.85. The first kappa shape index (κ1) is 31.5. The fraction of sp³-hybridized carbons (Fsp3) is 0.565. The van der Waals surface area contributed by atoms with Crippen LogP contribution in [0.15, 0.2) is 24.3 Å². The Kier molecular flexibility index (Phi) is 14.9. The number of unbranched alkanes of at least 4 members (excludes halogenated alkanes) is 1. The van der Waals surface area contributed by atoms with Gasteiger partial charge in [-0.1, -0.05) is 18.6 Å². The van der Waals surface area contributed by atoms with E-state index in [-0.39, 0.29) is 24.3 Å². The number of phenolic OH excluding ortho intramolecular Hbond substituents is 1. The van der Waals surface area contributed by atoms with E-state index in [0.29, 0.717) is 37.1 Å². The minimum Gasteiger partial charge on any atom is -0.508 e. The van der Waals surface area contributed by atoms with Crippen molar-refractivity contribution in [2.24, 2.45) is 11.5 Å². The molecule has 202 valence electrons. The van der Waals surface area contributed by atoms with Gasteiger partial charge in [0.05, 0.1) is 6.04 Å². The van der Waals surface area contributed by atoms with E-state index in [1.54, 1.807) is 12.1 Å². The van der Waals surface area contributed by atoms with Crippen molar-refractivity contribution in [1.82, 2.24) is 16.0 Å². The molecule has 0 aliphatic carbocycles. The van der Waals surface area contributed by atoms with E-state index in [4.69, 9.17) is 11.5 Å². The van der Waals surface area contributed by atoms with Gasteiger partial charge < -0.3 is 37.6 Å². The molecule has 0 aromatic heterocycles. The zero-order valence-electron chi connectivity index (χ0n) is 20.3. The Bertz CT molecular complexity index is 858. The number of hydrogen-bond donors (Lipinski definition) is 8. The van der Waals surface area contributed by atoms with Gasteiger partial charge in [-0.15, -0.1) is 0 Å². The number of carboxylic acids is 1. The molecule has 0 heterocycles. The molecule has 0 saturated heterocycles. The summed E-state index contributed by atoms with van der Waals surface area (Å²) in [4.78, 5) is 50.0. The first-order valence-electron chi connectivity index (χ1n) is 11.6. The molecule has 36 heavy (non-hydrogen) atoms. The lowest BCUT2D eigenvalue weighted by Crippen LogP contribution is -2.58. The number of benzene rings is 1. The Labute approximate surface area is 220 Å². The van der Waals surface area contributed by atoms with Crippen molar-refractivity contribution in [2.75, 3.05) is 24.3 Å². The summed E-state index contributed by atoms with van der Waals surface area (Å²) in [7, 11) is 0. The van der Waals surface area contributed by atoms with E-state index >= 15 is 0 Å². The third kappa shape index (κ3) is 11.5. The number of carbonyl (C=O) groups is 4. The summed E-state index contributed by atoms with van der Waals surface area (Å²) in [6.07, 6.45) is 3.88. The van der Waals surface area contributed by atoms with Crippen molar-refractivity contribution in [3.05, 3.63) is 29.8 Å². The van der Waals surface area contributed by atoms with Crippen LogP contribution in [0, 0.1) is 0 Å². The Hall–Kier alpha value is -2.48. The van der Waals surface area contributed by atoms with Crippen LogP contribution in [0.25, 0.3) is 0 Å². The van der Waals surface area contributed by atoms with Gasteiger partial charge in [-0.2, -0.15) is 24.4 Å². The van der Waals surface area contributed by atoms with Crippen molar-refractivity contribution >= 4 is 48.1 Å². The molecular weight excluding hydrogens is 506 g/mol. The van der Waals surface area contributed by atoms with Crippen molar-refractivity contribution in [3.8, 4) is 5.75 Å². The van der Waals surface area contributed by atoms with Crippen molar-refractivity contribution < 1.29 is 29.4 Å². The zero-order chi connectivity index (χ0) is 27.1. The molecule has 4 atom stereocenters. The van der Waals surface area contributed by atoms with Crippen LogP contribution >= 0.6 is 24.4 Å². The van der Waals surface area contributed by atoms with Crippen LogP contribution < -0.4 is 27.4 Å². The fourth-order valence-corrected chi connectivity index (χ4v) is 3.96. The number of carbonyl (C=O) groups excluding carboxylic acids is 3. The van der Waals surface area contributed by atoms with Crippen LogP contribution in [-0.4, -0.2) is 82.4 Å². The summed E-state index contributed by atoms with van der Waals surface area (Å²) in [5.74, 6) is -2.57. The van der Waals surface area contributed by atoms with Gasteiger partial charge in [0.1, 0.15) is 23.9 Å². The summed E-state index contributed by atoms with van der Waals surface area (Å²) in [5.41, 5.74) is 12.1. The second-order valence-corrected chi connectivity index (χ2v) is 9.60. The smallest absolute Gasteiger partial charge is 0.326 e. The first-order chi connectivity index (χ1) is 17.1. The van der Waals surface area contributed by atoms with Gasteiger partial charge in [-0.3, -0.25) is 14.4 Å². The molecule has 13 heteroatoms. The maximum atomic E-state index is 13.1. The molecule has 0 bridgehead atoms. The third-order valence-electron chi connectivity index (χ3n) is 5.36. The van der Waals surface area contributed by atoms with E-state index in [2.05, 4.69) is 28.6 Å². The monoisotopic (exact) mass is 543 g/mol. The summed E-state index contributed by atoms with van der Waals surface area (Å²) in [6, 6.07) is 1.96. The maximum Gasteiger partial charge on any atom is 0.326 e. The lowest BCUT2D eigenvalue weighted by atomic mass is 10.0. The van der Waals surface area contributed by atoms with E-state index in [0.717, 1.165) is 0 Å². The van der Waals surface area contributed by atoms with Gasteiger partial charge in [0.25, 0.3) is 0 Å². The number of amides is 3. The number of nitrogens with two attached hydrogens (primary N) is 2. The second-order valence-electron chi connectivity index (χ2n) is 8.25. The van der Waals surface area contributed by atoms with E-state index < -0.39 is 47.9 Å². The highest BCUT2D eigenvalue weighted by molar-refractivity contribution is 7.98. The number of hydrogen-bond acceptors (Lipinski definition) is 9. The molecule has 0 aliphatic rings. The summed E-state index contributed by atoms with van der Waals surface area (Å²) in [6.45, 7) is 0.480. The minimum absolute atomic E-state index is 0.0481. The van der Waals surface area contributed by atoms with E-state index in [1.807, 2.05) is 6.26 Å². The molecule has 1 aromatic carbocycles. The number of aliphatic carboxylic acids is 1. The number of phenols is 1. The molecular formula is C23H37N5O6S2. The van der Waals surface area contributed by atoms with Crippen LogP contribution in [0.4, 0.5) is 0 Å². The molecule has 4 unspecified atom stereocenters. The highest BCUT2D eigenvalue weighted by Crippen LogP contribution is 2.12. The highest BCUT2D eigenvalue weighted by atomic mass is 32.2. The lowest BCUT2D eigenvalue weighted by Gasteiger charge is -2.24. The van der Waals surface area contributed by atoms with Crippen LogP contribution in [-0.2, 0) is 25.6 Å². The van der Waals surface area contributed by atoms with Crippen LogP contribution in [0.5, 0.6) is 5.75 Å². The van der Waals surface area contributed by atoms with Gasteiger partial charge in [-0.05, 0) is 55.5 Å². The quantitative estimate of drug-likeness (QED) is 0.0953. The maximum absolute atomic E-state index is 13.1. The molecule has 0 aliphatic heterocycles. The number of thioether (sulfide) groups is 1. The van der Waals surface area contributed by atoms with Crippen molar-refractivity contribution in [2.45, 2.75) is 56.3 Å². The SMILES string of the molecule is CSCCC(NC(=O)C(CS)NC(=O)C(Cc1ccc(O)cc1)NC(=O)C(N)CCCCN)C(=O)O. The number of rotatable bonds is 17. The predicted octanol–water partition coefficient (Wildman–Crippen LogP) is -0.387. The molecule has 9 N–H and O–H groups in total. The zero-order valence-corrected chi connectivity index (χ0v) is 22.0. The number of nitrogens with one attached hydrogen (secondary N) is 3. The summed E-state index contributed by atoms with van der Waals surface area (Å²) < 4.78 is 0. The first-order valence-corrected chi connectivity index (χ1v) is 13.6. The Morgan fingerprint density at radius 3 is 2.08 bits per heavy atom. The Morgan fingerprint density at radius 2 is 1.53 bits per heavy atom. The molecule has 1 rings (SSSR count). The predicted molar refractivity (Wildman–Crippen MR) is 143 cm³/mol. The topological polar surface area (TPSA) is 197 Å². The van der Waals surface area contributed by atoms with Gasteiger partial charge in [0.15, 0.2) is 0 Å². The van der Waals surface area contributed by atoms with Gasteiger partial charge in [0, 0.05) is 12.2 Å². The molecule has 1 aromatic rings. The minimum atomic E-state index is -1.18. The van der Waals surface area contributed by atoms with E-state index in [9.17, 15) is 29.4 Å². The van der Waals surface area contributed by atoms with Crippen molar-refractivity contribution in [1.29, 1.82) is 0 Å². The largest absolute Gasteiger partial charge is 0.508 e. The van der Waals surface area contributed by atoms with Crippen LogP contribution in [0.1, 0.15) is 31.2 Å². The molecule has 0 radical (unpaired) electrons. The van der Waals surface area contributed by atoms with Gasteiger partial charge >= 0.3 is 5.97 Å². The van der Waals surface area contributed by atoms with Crippen LogP contribution in [0.2, 0.25) is 0 Å². The molecule has 0 fully saturated rings. The average molecular weight is 544 g/mol. The van der Waals surface area contributed by atoms with Gasteiger partial charge in [-0.25, -0.2) is 4.79 Å². The summed E-state index contributed by atoms with van der Waals surface area (Å²) in [5, 5.41) is 26.5. The van der Waals surface area contributed by atoms with Gasteiger partial charge in [0.2, 0.25) is 17.7 Å². The van der Waals surface area contributed by atoms with Crippen LogP contribution in [0.3, 0.4) is 0 Å². The number of carboxylic acid groups (broad SMARTS) is 1. The Balaban J connectivity index is 2.96. The van der Waals surface area contributed by atoms with Crippen molar-refractivity contribution in [3.63, 3.8) is 0 Å². The molecule has 0 spiro atoms. The summed E-state index contributed by atoms with van der Waals surface area (Å²) >= 11 is 5.58. The lowest BCUT2D eigenvalue weighted by molar-refractivity contribution is -0.142. The normalized spacial score (nSPS) is 14.2. The molecule has 3 amide bonds. The molecule has 11 nitrogen and oxygen atoms in total. The fourth-order valence-electron chi connectivity index (χ4n) is 3.23. The highest BCUT2D eigenvalue weighted by Gasteiger charge is 2.29. The molecule has 0 saturated carbocycles. The number of thiol groups is 1.